The highest BCUT2D eigenvalue weighted by atomic mass is 15.2. The van der Waals surface area contributed by atoms with E-state index in [9.17, 15) is 0 Å². The molecule has 5 aromatic rings. The molecule has 0 fully saturated rings. The van der Waals surface area contributed by atoms with Crippen molar-refractivity contribution >= 4 is 22.7 Å². The van der Waals surface area contributed by atoms with Crippen LogP contribution in [0.5, 0.6) is 0 Å². The number of anilines is 2. The van der Waals surface area contributed by atoms with E-state index in [2.05, 4.69) is 52.5 Å². The third-order valence-corrected chi connectivity index (χ3v) is 5.30. The number of benzene rings is 3. The minimum absolute atomic E-state index is 0.0890. The van der Waals surface area contributed by atoms with Gasteiger partial charge in [0.1, 0.15) is 12.1 Å². The van der Waals surface area contributed by atoms with Gasteiger partial charge < -0.3 is 11.1 Å². The maximum absolute atomic E-state index is 5.97. The van der Waals surface area contributed by atoms with Gasteiger partial charge in [-0.25, -0.2) is 9.97 Å². The number of nitrogens with one attached hydrogen (secondary N) is 1. The van der Waals surface area contributed by atoms with E-state index in [4.69, 9.17) is 10.7 Å². The summed E-state index contributed by atoms with van der Waals surface area (Å²) in [6.07, 6.45) is 3.55. The van der Waals surface area contributed by atoms with Crippen LogP contribution in [0.25, 0.3) is 28.0 Å². The van der Waals surface area contributed by atoms with Crippen molar-refractivity contribution in [3.8, 4) is 16.9 Å². The lowest BCUT2D eigenvalue weighted by molar-refractivity contribution is 0.854. The second-order valence-electron chi connectivity index (χ2n) is 7.46. The van der Waals surface area contributed by atoms with E-state index in [-0.39, 0.29) is 6.04 Å². The van der Waals surface area contributed by atoms with Crippen molar-refractivity contribution < 1.29 is 0 Å². The molecule has 152 valence electrons. The Labute approximate surface area is 180 Å². The summed E-state index contributed by atoms with van der Waals surface area (Å²) < 4.78 is 1.98. The Hall–Kier alpha value is -4.19. The highest BCUT2D eigenvalue weighted by Gasteiger charge is 2.11. The third kappa shape index (κ3) is 3.83. The highest BCUT2D eigenvalue weighted by Crippen LogP contribution is 2.27. The number of hydrogen-bond donors (Lipinski definition) is 2. The third-order valence-electron chi connectivity index (χ3n) is 5.30. The van der Waals surface area contributed by atoms with Crippen molar-refractivity contribution in [2.75, 3.05) is 11.1 Å². The number of rotatable bonds is 5. The van der Waals surface area contributed by atoms with Crippen molar-refractivity contribution in [1.29, 1.82) is 0 Å². The van der Waals surface area contributed by atoms with Gasteiger partial charge >= 0.3 is 0 Å². The Kier molecular flexibility index (Phi) is 4.80. The predicted octanol–water partition coefficient (Wildman–Crippen LogP) is 5.24. The van der Waals surface area contributed by atoms with Gasteiger partial charge in [-0.2, -0.15) is 4.98 Å². The van der Waals surface area contributed by atoms with Gasteiger partial charge in [0.25, 0.3) is 0 Å². The number of hydrogen-bond acceptors (Lipinski definition) is 5. The fourth-order valence-electron chi connectivity index (χ4n) is 3.66. The number of nitrogens with two attached hydrogens (primary N) is 1. The zero-order valence-corrected chi connectivity index (χ0v) is 17.1. The van der Waals surface area contributed by atoms with Crippen molar-refractivity contribution in [2.24, 2.45) is 0 Å². The molecule has 1 atom stereocenters. The fourth-order valence-corrected chi connectivity index (χ4v) is 3.66. The van der Waals surface area contributed by atoms with Gasteiger partial charge in [-0.15, -0.1) is 0 Å². The predicted molar refractivity (Wildman–Crippen MR) is 125 cm³/mol. The van der Waals surface area contributed by atoms with Gasteiger partial charge in [-0.1, -0.05) is 48.5 Å². The molecule has 2 heterocycles. The molecule has 0 aliphatic rings. The van der Waals surface area contributed by atoms with Crippen LogP contribution < -0.4 is 11.1 Å². The maximum Gasteiger partial charge on any atom is 0.225 e. The Balaban J connectivity index is 1.49. The summed E-state index contributed by atoms with van der Waals surface area (Å²) in [6.45, 7) is 2.09. The first kappa shape index (κ1) is 18.8. The second kappa shape index (κ2) is 7.91. The van der Waals surface area contributed by atoms with E-state index < -0.39 is 0 Å². The number of imidazole rings is 1. The van der Waals surface area contributed by atoms with Crippen molar-refractivity contribution in [3.63, 3.8) is 0 Å². The van der Waals surface area contributed by atoms with Gasteiger partial charge in [0, 0.05) is 11.9 Å². The molecule has 0 saturated carbocycles. The summed E-state index contributed by atoms with van der Waals surface area (Å²) in [5.41, 5.74) is 11.9. The van der Waals surface area contributed by atoms with E-state index in [0.717, 1.165) is 33.7 Å². The van der Waals surface area contributed by atoms with Crippen LogP contribution in [0.4, 0.5) is 11.6 Å². The number of fused-ring (bicyclic) bond motifs is 1. The zero-order valence-electron chi connectivity index (χ0n) is 17.1. The number of nitrogen functional groups attached to an aromatic ring is 1. The zero-order chi connectivity index (χ0) is 21.2. The highest BCUT2D eigenvalue weighted by molar-refractivity contribution is 5.83. The average Bonchev–Trinajstić information content (AvgIpc) is 3.23. The molecule has 3 aromatic carbocycles. The molecule has 0 amide bonds. The van der Waals surface area contributed by atoms with Crippen LogP contribution in [0.3, 0.4) is 0 Å². The molecular formula is C25H22N6. The Morgan fingerprint density at radius 2 is 1.71 bits per heavy atom. The van der Waals surface area contributed by atoms with E-state index >= 15 is 0 Å². The maximum atomic E-state index is 5.97. The first-order valence-corrected chi connectivity index (χ1v) is 10.2. The van der Waals surface area contributed by atoms with E-state index in [0.29, 0.717) is 5.95 Å². The molecule has 6 heteroatoms. The molecule has 3 N–H and O–H groups in total. The van der Waals surface area contributed by atoms with Gasteiger partial charge in [-0.3, -0.25) is 4.57 Å². The lowest BCUT2D eigenvalue weighted by atomic mass is 10.0. The molecule has 2 aromatic heterocycles. The topological polar surface area (TPSA) is 81.7 Å². The smallest absolute Gasteiger partial charge is 0.225 e. The van der Waals surface area contributed by atoms with Crippen molar-refractivity contribution in [2.45, 2.75) is 13.0 Å². The largest absolute Gasteiger partial charge is 0.399 e. The normalized spacial score (nSPS) is 12.0. The monoisotopic (exact) mass is 406 g/mol. The molecule has 0 saturated heterocycles. The molecule has 31 heavy (non-hydrogen) atoms. The fraction of sp³-hybridized carbons (Fsp3) is 0.0800. The summed E-state index contributed by atoms with van der Waals surface area (Å²) in [5.74, 6) is 1.33. The molecule has 0 aliphatic heterocycles. The van der Waals surface area contributed by atoms with E-state index in [1.165, 1.54) is 5.56 Å². The molecule has 5 rings (SSSR count). The summed E-state index contributed by atoms with van der Waals surface area (Å²) >= 11 is 0. The molecule has 6 nitrogen and oxygen atoms in total. The van der Waals surface area contributed by atoms with Crippen LogP contribution in [0.1, 0.15) is 18.5 Å². The van der Waals surface area contributed by atoms with Gasteiger partial charge in [-0.05, 0) is 53.9 Å². The minimum Gasteiger partial charge on any atom is -0.399 e. The first-order chi connectivity index (χ1) is 15.2. The van der Waals surface area contributed by atoms with Crippen LogP contribution >= 0.6 is 0 Å². The molecule has 0 bridgehead atoms. The summed E-state index contributed by atoms with van der Waals surface area (Å²) in [4.78, 5) is 13.7. The summed E-state index contributed by atoms with van der Waals surface area (Å²) in [7, 11) is 0. The van der Waals surface area contributed by atoms with Gasteiger partial charge in [0.15, 0.2) is 0 Å². The SMILES string of the molecule is C[C@H](Nc1nccc(-n2cnc3ccc(-c4cccc(N)c4)cc32)n1)c1ccccc1. The lowest BCUT2D eigenvalue weighted by Crippen LogP contribution is -2.10. The Morgan fingerprint density at radius 3 is 2.55 bits per heavy atom. The van der Waals surface area contributed by atoms with E-state index in [1.54, 1.807) is 12.5 Å². The van der Waals surface area contributed by atoms with E-state index in [1.807, 2.05) is 53.1 Å². The standard InChI is InChI=1S/C25H22N6/c1-17(18-6-3-2-4-7-18)29-25-27-13-12-24(30-25)31-16-28-22-11-10-20(15-23(22)31)19-8-5-9-21(26)14-19/h2-17H,26H2,1H3,(H,27,29,30)/t17-/m0/s1. The molecule has 0 aliphatic carbocycles. The van der Waals surface area contributed by atoms with Crippen LogP contribution in [0.2, 0.25) is 0 Å². The molecular weight excluding hydrogens is 384 g/mol. The number of nitrogens with zero attached hydrogens (tertiary/aromatic N) is 4. The molecule has 0 radical (unpaired) electrons. The lowest BCUT2D eigenvalue weighted by Gasteiger charge is -2.14. The van der Waals surface area contributed by atoms with Crippen LogP contribution in [0.15, 0.2) is 91.4 Å². The van der Waals surface area contributed by atoms with Crippen LogP contribution in [-0.4, -0.2) is 19.5 Å². The Morgan fingerprint density at radius 1 is 0.871 bits per heavy atom. The average molecular weight is 406 g/mol. The quantitative estimate of drug-likeness (QED) is 0.390. The van der Waals surface area contributed by atoms with Crippen molar-refractivity contribution in [1.82, 2.24) is 19.5 Å². The number of aromatic nitrogens is 4. The van der Waals surface area contributed by atoms with Gasteiger partial charge in [0.05, 0.1) is 17.1 Å². The molecule has 0 unspecified atom stereocenters. The van der Waals surface area contributed by atoms with Crippen molar-refractivity contribution in [3.05, 3.63) is 97.0 Å². The second-order valence-corrected chi connectivity index (χ2v) is 7.46. The molecule has 0 spiro atoms. The summed E-state index contributed by atoms with van der Waals surface area (Å²) in [5, 5.41) is 3.38. The Bertz CT molecular complexity index is 1340. The van der Waals surface area contributed by atoms with Crippen LogP contribution in [-0.2, 0) is 0 Å². The van der Waals surface area contributed by atoms with Gasteiger partial charge in [0.2, 0.25) is 5.95 Å². The summed E-state index contributed by atoms with van der Waals surface area (Å²) in [6, 6.07) is 26.3. The minimum atomic E-state index is 0.0890. The first-order valence-electron chi connectivity index (χ1n) is 10.2. The van der Waals surface area contributed by atoms with Crippen LogP contribution in [0, 0.1) is 0 Å².